The number of benzene rings is 1. The summed E-state index contributed by atoms with van der Waals surface area (Å²) in [5.41, 5.74) is 0.970. The summed E-state index contributed by atoms with van der Waals surface area (Å²) in [7, 11) is 1.63. The number of aromatic nitrogens is 1. The number of rotatable bonds is 4. The lowest BCUT2D eigenvalue weighted by Crippen LogP contribution is -2.36. The van der Waals surface area contributed by atoms with E-state index in [1.165, 1.54) is 4.90 Å². The van der Waals surface area contributed by atoms with E-state index in [4.69, 9.17) is 4.84 Å². The third kappa shape index (κ3) is 3.40. The largest absolute Gasteiger partial charge is 0.382 e. The molecule has 0 saturated carbocycles. The highest BCUT2D eigenvalue weighted by Gasteiger charge is 2.32. The van der Waals surface area contributed by atoms with Gasteiger partial charge in [0.25, 0.3) is 5.91 Å². The van der Waals surface area contributed by atoms with Gasteiger partial charge >= 0.3 is 0 Å². The molecule has 1 aliphatic heterocycles. The van der Waals surface area contributed by atoms with Gasteiger partial charge in [-0.1, -0.05) is 11.2 Å². The molecule has 0 fully saturated rings. The van der Waals surface area contributed by atoms with Crippen molar-refractivity contribution in [2.24, 2.45) is 5.16 Å². The second kappa shape index (κ2) is 6.74. The molecule has 0 spiro atoms. The van der Waals surface area contributed by atoms with Crippen LogP contribution in [0.3, 0.4) is 0 Å². The van der Waals surface area contributed by atoms with Gasteiger partial charge in [0.2, 0.25) is 6.10 Å². The zero-order valence-corrected chi connectivity index (χ0v) is 12.9. The molecule has 2 heterocycles. The lowest BCUT2D eigenvalue weighted by molar-refractivity contribution is -0.141. The van der Waals surface area contributed by atoms with Crippen molar-refractivity contribution in [1.82, 2.24) is 9.88 Å². The first kappa shape index (κ1) is 16.0. The van der Waals surface area contributed by atoms with Gasteiger partial charge in [0.1, 0.15) is 11.6 Å². The molecule has 1 aromatic carbocycles. The minimum Gasteiger partial charge on any atom is -0.382 e. The summed E-state index contributed by atoms with van der Waals surface area (Å²) in [6.45, 7) is 0.323. The number of amides is 1. The van der Waals surface area contributed by atoms with Gasteiger partial charge in [-0.2, -0.15) is 0 Å². The predicted molar refractivity (Wildman–Crippen MR) is 83.1 cm³/mol. The summed E-state index contributed by atoms with van der Waals surface area (Å²) in [5.74, 6) is -1.47. The number of oxime groups is 1. The molecule has 0 saturated heterocycles. The first-order valence-corrected chi connectivity index (χ1v) is 7.37. The zero-order chi connectivity index (χ0) is 17.1. The average Bonchev–Trinajstić information content (AvgIpc) is 3.07. The third-order valence-corrected chi connectivity index (χ3v) is 3.69. The maximum Gasteiger partial charge on any atom is 0.267 e. The average molecular weight is 331 g/mol. The van der Waals surface area contributed by atoms with E-state index < -0.39 is 17.7 Å². The van der Waals surface area contributed by atoms with Gasteiger partial charge in [-0.15, -0.1) is 0 Å². The van der Waals surface area contributed by atoms with Crippen LogP contribution in [0.1, 0.15) is 17.7 Å². The number of nitrogens with zero attached hydrogens (tertiary/aromatic N) is 3. The third-order valence-electron chi connectivity index (χ3n) is 3.69. The molecule has 3 rings (SSSR count). The number of hydrogen-bond acceptors (Lipinski definition) is 4. The van der Waals surface area contributed by atoms with Crippen molar-refractivity contribution >= 4 is 11.6 Å². The number of likely N-dealkylation sites (N-methyl/N-ethyl adjacent to an activating group) is 1. The van der Waals surface area contributed by atoms with E-state index in [1.54, 1.807) is 19.3 Å². The summed E-state index contributed by atoms with van der Waals surface area (Å²) < 4.78 is 27.1. The van der Waals surface area contributed by atoms with E-state index in [-0.39, 0.29) is 23.6 Å². The molecule has 0 radical (unpaired) electrons. The second-order valence-electron chi connectivity index (χ2n) is 5.48. The van der Waals surface area contributed by atoms with Crippen LogP contribution in [-0.4, -0.2) is 34.7 Å². The van der Waals surface area contributed by atoms with Crippen LogP contribution in [-0.2, 0) is 16.2 Å². The van der Waals surface area contributed by atoms with Crippen LogP contribution in [0.2, 0.25) is 0 Å². The minimum atomic E-state index is -0.851. The van der Waals surface area contributed by atoms with Crippen LogP contribution in [0.25, 0.3) is 0 Å². The van der Waals surface area contributed by atoms with E-state index in [9.17, 15) is 13.6 Å². The molecule has 1 amide bonds. The molecular weight excluding hydrogens is 316 g/mol. The summed E-state index contributed by atoms with van der Waals surface area (Å²) in [5, 5.41) is 3.75. The molecule has 0 bridgehead atoms. The first-order chi connectivity index (χ1) is 11.5. The van der Waals surface area contributed by atoms with E-state index in [0.29, 0.717) is 6.54 Å². The van der Waals surface area contributed by atoms with Gasteiger partial charge < -0.3 is 9.74 Å². The van der Waals surface area contributed by atoms with Gasteiger partial charge in [0, 0.05) is 25.2 Å². The van der Waals surface area contributed by atoms with E-state index >= 15 is 0 Å². The van der Waals surface area contributed by atoms with Crippen LogP contribution >= 0.6 is 0 Å². The second-order valence-corrected chi connectivity index (χ2v) is 5.48. The number of carbonyl (C=O) groups excluding carboxylic acids is 1. The molecular formula is C17H15F2N3O2. The van der Waals surface area contributed by atoms with Crippen molar-refractivity contribution in [1.29, 1.82) is 0 Å². The molecule has 1 aliphatic rings. The minimum absolute atomic E-state index is 0.0117. The highest BCUT2D eigenvalue weighted by molar-refractivity contribution is 6.04. The van der Waals surface area contributed by atoms with E-state index in [1.807, 2.05) is 12.1 Å². The first-order valence-electron chi connectivity index (χ1n) is 7.37. The maximum atomic E-state index is 13.8. The van der Waals surface area contributed by atoms with Gasteiger partial charge in [-0.3, -0.25) is 9.78 Å². The highest BCUT2D eigenvalue weighted by Crippen LogP contribution is 2.21. The quantitative estimate of drug-likeness (QED) is 0.865. The molecule has 1 aromatic heterocycles. The summed E-state index contributed by atoms with van der Waals surface area (Å²) in [6.07, 6.45) is 0.885. The molecule has 124 valence electrons. The van der Waals surface area contributed by atoms with Crippen LogP contribution in [0, 0.1) is 11.6 Å². The predicted octanol–water partition coefficient (Wildman–Crippen LogP) is 2.51. The zero-order valence-electron chi connectivity index (χ0n) is 12.9. The van der Waals surface area contributed by atoms with E-state index in [2.05, 4.69) is 10.1 Å². The Hall–Kier alpha value is -2.83. The van der Waals surface area contributed by atoms with Crippen LogP contribution in [0.4, 0.5) is 8.78 Å². The Bertz CT molecular complexity index is 781. The van der Waals surface area contributed by atoms with Crippen molar-refractivity contribution < 1.29 is 18.4 Å². The SMILES string of the molecule is CN(Cc1ccccn1)C(=O)[C@@H]1CC(c2cc(F)ccc2F)=NO1. The smallest absolute Gasteiger partial charge is 0.267 e. The fraction of sp³-hybridized carbons (Fsp3) is 0.235. The van der Waals surface area contributed by atoms with Crippen LogP contribution < -0.4 is 0 Å². The lowest BCUT2D eigenvalue weighted by atomic mass is 10.0. The number of hydrogen-bond donors (Lipinski definition) is 0. The Morgan fingerprint density at radius 1 is 1.33 bits per heavy atom. The van der Waals surface area contributed by atoms with Crippen LogP contribution in [0.5, 0.6) is 0 Å². The van der Waals surface area contributed by atoms with Crippen molar-refractivity contribution in [3.8, 4) is 0 Å². The van der Waals surface area contributed by atoms with Crippen molar-refractivity contribution in [2.75, 3.05) is 7.05 Å². The standard InChI is InChI=1S/C17H15F2N3O2/c1-22(10-12-4-2-3-7-20-12)17(23)16-9-15(21-24-16)13-8-11(18)5-6-14(13)19/h2-8,16H,9-10H2,1H3/t16-/m0/s1. The number of carbonyl (C=O) groups is 1. The fourth-order valence-electron chi connectivity index (χ4n) is 2.45. The maximum absolute atomic E-state index is 13.8. The molecule has 0 N–H and O–H groups in total. The fourth-order valence-corrected chi connectivity index (χ4v) is 2.45. The van der Waals surface area contributed by atoms with Gasteiger partial charge in [-0.25, -0.2) is 8.78 Å². The molecule has 0 aliphatic carbocycles. The Morgan fingerprint density at radius 2 is 2.17 bits per heavy atom. The Morgan fingerprint density at radius 3 is 2.92 bits per heavy atom. The summed E-state index contributed by atoms with van der Waals surface area (Å²) in [6, 6.07) is 8.53. The Kier molecular flexibility index (Phi) is 4.50. The summed E-state index contributed by atoms with van der Waals surface area (Å²) in [4.78, 5) is 23.2. The molecule has 24 heavy (non-hydrogen) atoms. The number of halogens is 2. The topological polar surface area (TPSA) is 54.8 Å². The number of pyridine rings is 1. The molecule has 2 aromatic rings. The van der Waals surface area contributed by atoms with Gasteiger partial charge in [0.15, 0.2) is 0 Å². The Balaban J connectivity index is 1.66. The van der Waals surface area contributed by atoms with Crippen molar-refractivity contribution in [2.45, 2.75) is 19.1 Å². The molecule has 1 atom stereocenters. The van der Waals surface area contributed by atoms with Gasteiger partial charge in [-0.05, 0) is 30.3 Å². The monoisotopic (exact) mass is 331 g/mol. The Labute approximate surface area is 137 Å². The van der Waals surface area contributed by atoms with E-state index in [0.717, 1.165) is 23.9 Å². The normalized spacial score (nSPS) is 16.5. The summed E-state index contributed by atoms with van der Waals surface area (Å²) >= 11 is 0. The molecule has 5 nitrogen and oxygen atoms in total. The van der Waals surface area contributed by atoms with Gasteiger partial charge in [0.05, 0.1) is 18.0 Å². The van der Waals surface area contributed by atoms with Crippen molar-refractivity contribution in [3.63, 3.8) is 0 Å². The highest BCUT2D eigenvalue weighted by atomic mass is 19.1. The van der Waals surface area contributed by atoms with Crippen molar-refractivity contribution in [3.05, 3.63) is 65.5 Å². The van der Waals surface area contributed by atoms with Crippen LogP contribution in [0.15, 0.2) is 47.8 Å². The lowest BCUT2D eigenvalue weighted by Gasteiger charge is -2.19. The molecule has 0 unspecified atom stereocenters. The molecule has 7 heteroatoms.